The van der Waals surface area contributed by atoms with E-state index in [4.69, 9.17) is 0 Å². The molecule has 33 heavy (non-hydrogen) atoms. The predicted molar refractivity (Wildman–Crippen MR) is 127 cm³/mol. The number of carbonyl (C=O) groups is 1. The molecular weight excluding hydrogens is 445 g/mol. The molecule has 0 radical (unpaired) electrons. The molecule has 0 spiro atoms. The number of pyridine rings is 1. The molecule has 4 aromatic rings. The molecule has 166 valence electrons. The van der Waals surface area contributed by atoms with Crippen LogP contribution in [0.5, 0.6) is 0 Å². The largest absolute Gasteiger partial charge is 0.416 e. The summed E-state index contributed by atoms with van der Waals surface area (Å²) < 4.78 is 38.8. The maximum atomic E-state index is 12.9. The van der Waals surface area contributed by atoms with Crippen molar-refractivity contribution in [1.82, 2.24) is 4.98 Å². The highest BCUT2D eigenvalue weighted by molar-refractivity contribution is 7.13. The van der Waals surface area contributed by atoms with Crippen molar-refractivity contribution >= 4 is 39.3 Å². The molecule has 0 aliphatic rings. The van der Waals surface area contributed by atoms with Gasteiger partial charge in [-0.2, -0.15) is 13.2 Å². The zero-order valence-corrected chi connectivity index (χ0v) is 18.4. The summed E-state index contributed by atoms with van der Waals surface area (Å²) in [5.41, 5.74) is 1.34. The van der Waals surface area contributed by atoms with E-state index in [2.05, 4.69) is 10.3 Å². The lowest BCUT2D eigenvalue weighted by Crippen LogP contribution is -2.08. The fourth-order valence-electron chi connectivity index (χ4n) is 3.38. The predicted octanol–water partition coefficient (Wildman–Crippen LogP) is 7.25. The van der Waals surface area contributed by atoms with E-state index in [0.717, 1.165) is 38.2 Å². The molecule has 2 heterocycles. The van der Waals surface area contributed by atoms with Crippen LogP contribution in [0.1, 0.15) is 20.9 Å². The van der Waals surface area contributed by atoms with Crippen LogP contribution in [0.15, 0.2) is 91.3 Å². The summed E-state index contributed by atoms with van der Waals surface area (Å²) in [7, 11) is 0. The van der Waals surface area contributed by atoms with Crippen LogP contribution in [0, 0.1) is 6.92 Å². The minimum absolute atomic E-state index is 0.315. The third-order valence-corrected chi connectivity index (χ3v) is 6.01. The van der Waals surface area contributed by atoms with Crippen molar-refractivity contribution in [1.29, 1.82) is 0 Å². The van der Waals surface area contributed by atoms with Gasteiger partial charge in [0.05, 0.1) is 5.56 Å². The van der Waals surface area contributed by atoms with E-state index in [0.29, 0.717) is 11.3 Å². The Morgan fingerprint density at radius 1 is 1.03 bits per heavy atom. The Labute approximate surface area is 192 Å². The molecule has 0 unspecified atom stereocenters. The lowest BCUT2D eigenvalue weighted by Gasteiger charge is -2.09. The van der Waals surface area contributed by atoms with Crippen LogP contribution in [-0.2, 0) is 11.0 Å². The molecule has 0 aliphatic heterocycles. The molecule has 0 aliphatic carbocycles. The maximum Gasteiger partial charge on any atom is 0.416 e. The molecule has 0 saturated carbocycles. The van der Waals surface area contributed by atoms with Crippen LogP contribution < -0.4 is 5.32 Å². The van der Waals surface area contributed by atoms with Crippen molar-refractivity contribution in [2.24, 2.45) is 0 Å². The first kappa shape index (κ1) is 22.5. The Kier molecular flexibility index (Phi) is 6.42. The van der Waals surface area contributed by atoms with Crippen LogP contribution in [0.3, 0.4) is 0 Å². The second-order valence-corrected chi connectivity index (χ2v) is 8.60. The molecular formula is C26H19F3N2OS. The summed E-state index contributed by atoms with van der Waals surface area (Å²) in [5.74, 6) is -0.315. The van der Waals surface area contributed by atoms with Crippen molar-refractivity contribution in [3.63, 3.8) is 0 Å². The standard InChI is InChI=1S/C26H19F3N2OS/c1-17-8-13-24(33-17)22(18-9-11-20(12-10-18)26(27,28)29)5-3-7-25(32)31-23-6-2-4-19-16-30-15-14-21(19)23/h2-16H,1H3,(H,31,32)/b7-3+,22-5+. The van der Waals surface area contributed by atoms with Gasteiger partial charge >= 0.3 is 6.18 Å². The molecule has 3 nitrogen and oxygen atoms in total. The van der Waals surface area contributed by atoms with Crippen LogP contribution in [0.2, 0.25) is 0 Å². The molecule has 7 heteroatoms. The zero-order chi connectivity index (χ0) is 23.4. The Hall–Kier alpha value is -3.71. The Morgan fingerprint density at radius 3 is 2.52 bits per heavy atom. The normalized spacial score (nSPS) is 12.4. The average Bonchev–Trinajstić information content (AvgIpc) is 3.22. The molecule has 4 rings (SSSR count). The van der Waals surface area contributed by atoms with Crippen molar-refractivity contribution in [3.8, 4) is 0 Å². The average molecular weight is 465 g/mol. The summed E-state index contributed by atoms with van der Waals surface area (Å²) in [6, 6.07) is 16.3. The molecule has 2 aromatic heterocycles. The van der Waals surface area contributed by atoms with Gasteiger partial charge in [0, 0.05) is 44.7 Å². The number of thiophene rings is 1. The second-order valence-electron chi connectivity index (χ2n) is 7.32. The maximum absolute atomic E-state index is 12.9. The Bertz CT molecular complexity index is 1350. The number of aryl methyl sites for hydroxylation is 1. The smallest absolute Gasteiger partial charge is 0.322 e. The van der Waals surface area contributed by atoms with Crippen LogP contribution in [0.4, 0.5) is 18.9 Å². The fraction of sp³-hybridized carbons (Fsp3) is 0.0769. The first-order chi connectivity index (χ1) is 15.8. The van der Waals surface area contributed by atoms with E-state index < -0.39 is 11.7 Å². The number of amides is 1. The number of nitrogens with zero attached hydrogens (tertiary/aromatic N) is 1. The molecule has 0 saturated heterocycles. The molecule has 1 N–H and O–H groups in total. The van der Waals surface area contributed by atoms with Gasteiger partial charge in [0.2, 0.25) is 5.91 Å². The lowest BCUT2D eigenvalue weighted by atomic mass is 10.0. The topological polar surface area (TPSA) is 42.0 Å². The van der Waals surface area contributed by atoms with E-state index >= 15 is 0 Å². The summed E-state index contributed by atoms with van der Waals surface area (Å²) in [4.78, 5) is 18.6. The first-order valence-electron chi connectivity index (χ1n) is 10.1. The number of halogens is 3. The van der Waals surface area contributed by atoms with Crippen molar-refractivity contribution in [2.75, 3.05) is 5.32 Å². The number of hydrogen-bond acceptors (Lipinski definition) is 3. The number of aromatic nitrogens is 1. The summed E-state index contributed by atoms with van der Waals surface area (Å²) in [6.07, 6.45) is 3.73. The monoisotopic (exact) mass is 464 g/mol. The number of anilines is 1. The second kappa shape index (κ2) is 9.42. The van der Waals surface area contributed by atoms with E-state index in [1.807, 2.05) is 43.3 Å². The third-order valence-electron chi connectivity index (χ3n) is 4.98. The minimum atomic E-state index is -4.39. The van der Waals surface area contributed by atoms with Crippen molar-refractivity contribution < 1.29 is 18.0 Å². The van der Waals surface area contributed by atoms with Crippen molar-refractivity contribution in [3.05, 3.63) is 112 Å². The molecule has 0 fully saturated rings. The first-order valence-corrected chi connectivity index (χ1v) is 10.9. The lowest BCUT2D eigenvalue weighted by molar-refractivity contribution is -0.137. The zero-order valence-electron chi connectivity index (χ0n) is 17.6. The number of alkyl halides is 3. The van der Waals surface area contributed by atoms with Crippen LogP contribution >= 0.6 is 11.3 Å². The van der Waals surface area contributed by atoms with E-state index in [1.54, 1.807) is 24.5 Å². The number of hydrogen-bond donors (Lipinski definition) is 1. The molecule has 1 amide bonds. The van der Waals surface area contributed by atoms with Gasteiger partial charge in [0.15, 0.2) is 0 Å². The van der Waals surface area contributed by atoms with Crippen molar-refractivity contribution in [2.45, 2.75) is 13.1 Å². The highest BCUT2D eigenvalue weighted by Crippen LogP contribution is 2.33. The number of allylic oxidation sites excluding steroid dienone is 2. The quantitative estimate of drug-likeness (QED) is 0.250. The highest BCUT2D eigenvalue weighted by atomic mass is 32.1. The number of carbonyl (C=O) groups excluding carboxylic acids is 1. The molecule has 0 atom stereocenters. The number of fused-ring (bicyclic) bond motifs is 1. The Balaban J connectivity index is 1.59. The summed E-state index contributed by atoms with van der Waals surface area (Å²) >= 11 is 1.53. The van der Waals surface area contributed by atoms with Gasteiger partial charge in [0.25, 0.3) is 0 Å². The van der Waals surface area contributed by atoms with Gasteiger partial charge in [-0.05, 0) is 54.5 Å². The summed E-state index contributed by atoms with van der Waals surface area (Å²) in [6.45, 7) is 1.96. The van der Waals surface area contributed by atoms with E-state index in [9.17, 15) is 18.0 Å². The summed E-state index contributed by atoms with van der Waals surface area (Å²) in [5, 5.41) is 4.65. The van der Waals surface area contributed by atoms with Gasteiger partial charge in [-0.15, -0.1) is 11.3 Å². The van der Waals surface area contributed by atoms with E-state index in [1.165, 1.54) is 29.5 Å². The SMILES string of the molecule is Cc1ccc(/C(=C/C=C/C(=O)Nc2cccc3cnccc23)c2ccc(C(F)(F)F)cc2)s1. The number of benzene rings is 2. The van der Waals surface area contributed by atoms with Gasteiger partial charge < -0.3 is 5.32 Å². The molecule has 2 aromatic carbocycles. The van der Waals surface area contributed by atoms with E-state index in [-0.39, 0.29) is 5.91 Å². The highest BCUT2D eigenvalue weighted by Gasteiger charge is 2.30. The number of nitrogens with one attached hydrogen (secondary N) is 1. The third kappa shape index (κ3) is 5.38. The fourth-order valence-corrected chi connectivity index (χ4v) is 4.29. The Morgan fingerprint density at radius 2 is 1.82 bits per heavy atom. The number of rotatable bonds is 5. The van der Waals surface area contributed by atoms with Gasteiger partial charge in [-0.3, -0.25) is 9.78 Å². The van der Waals surface area contributed by atoms with Crippen LogP contribution in [-0.4, -0.2) is 10.9 Å². The minimum Gasteiger partial charge on any atom is -0.322 e. The van der Waals surface area contributed by atoms with Crippen LogP contribution in [0.25, 0.3) is 16.3 Å². The molecule has 0 bridgehead atoms. The van der Waals surface area contributed by atoms with Gasteiger partial charge in [-0.25, -0.2) is 0 Å². The van der Waals surface area contributed by atoms with Gasteiger partial charge in [-0.1, -0.05) is 36.4 Å². The van der Waals surface area contributed by atoms with Gasteiger partial charge in [0.1, 0.15) is 0 Å².